The Morgan fingerprint density at radius 3 is 2.14 bits per heavy atom. The second kappa shape index (κ2) is 15.4. The zero-order valence-corrected chi connectivity index (χ0v) is 23.1. The molecule has 3 rings (SSSR count). The van der Waals surface area contributed by atoms with E-state index >= 15 is 0 Å². The van der Waals surface area contributed by atoms with Gasteiger partial charge in [-0.2, -0.15) is 0 Å². The molecule has 0 aliphatic carbocycles. The number of hydrogen-bond acceptors (Lipinski definition) is 3. The topological polar surface area (TPSA) is 32.7 Å². The predicted octanol–water partition coefficient (Wildman–Crippen LogP) is 8.08. The molecule has 0 saturated carbocycles. The molecule has 3 aromatic carbocycles. The van der Waals surface area contributed by atoms with Crippen LogP contribution in [0.5, 0.6) is 5.75 Å². The number of benzene rings is 3. The summed E-state index contributed by atoms with van der Waals surface area (Å²) in [5.41, 5.74) is 4.84. The van der Waals surface area contributed by atoms with Gasteiger partial charge in [0.2, 0.25) is 0 Å². The predicted molar refractivity (Wildman–Crippen MR) is 157 cm³/mol. The van der Waals surface area contributed by atoms with E-state index in [0.717, 1.165) is 49.1 Å². The Morgan fingerprint density at radius 1 is 0.811 bits per heavy atom. The standard InChI is InChI=1S/C34H45NO2/c1-27(2)35(28(3)4)24-23-32(30-18-12-8-13-19-30)33-22-15-21-31(20-11-5-6-14-25-36)34(33)37-26-29-16-9-7-10-17-29/h7-13,15-22,27-28,32,36H,5-6,14,23-26H2,1-4H3/t32-/m1/s1. The summed E-state index contributed by atoms with van der Waals surface area (Å²) in [6, 6.07) is 28.8. The fraction of sp³-hybridized carbons (Fsp3) is 0.412. The Labute approximate surface area is 224 Å². The third-order valence-corrected chi connectivity index (χ3v) is 6.96. The van der Waals surface area contributed by atoms with Crippen LogP contribution in [-0.2, 0) is 6.61 Å². The smallest absolute Gasteiger partial charge is 0.130 e. The van der Waals surface area contributed by atoms with E-state index in [-0.39, 0.29) is 12.5 Å². The summed E-state index contributed by atoms with van der Waals surface area (Å²) in [7, 11) is 0. The fourth-order valence-electron chi connectivity index (χ4n) is 5.04. The van der Waals surface area contributed by atoms with Crippen molar-refractivity contribution in [2.24, 2.45) is 0 Å². The number of allylic oxidation sites excluding steroid dienone is 1. The SMILES string of the molecule is CC(C)N(CC[C@H](c1ccccc1)c1cccc(C=CCCCCO)c1OCc1ccccc1)C(C)C. The van der Waals surface area contributed by atoms with Crippen molar-refractivity contribution in [3.8, 4) is 5.75 Å². The Balaban J connectivity index is 1.99. The normalized spacial score (nSPS) is 12.6. The maximum Gasteiger partial charge on any atom is 0.130 e. The maximum atomic E-state index is 9.12. The average molecular weight is 500 g/mol. The van der Waals surface area contributed by atoms with Crippen molar-refractivity contribution in [3.63, 3.8) is 0 Å². The maximum absolute atomic E-state index is 9.12. The zero-order chi connectivity index (χ0) is 26.5. The molecular weight excluding hydrogens is 454 g/mol. The summed E-state index contributed by atoms with van der Waals surface area (Å²) in [6.45, 7) is 10.9. The molecular formula is C34H45NO2. The Kier molecular flexibility index (Phi) is 11.9. The molecule has 0 aromatic heterocycles. The first-order chi connectivity index (χ1) is 18.0. The van der Waals surface area contributed by atoms with Gasteiger partial charge in [0.25, 0.3) is 0 Å². The number of aliphatic hydroxyl groups is 1. The lowest BCUT2D eigenvalue weighted by Gasteiger charge is -2.32. The molecule has 0 heterocycles. The van der Waals surface area contributed by atoms with E-state index in [0.29, 0.717) is 18.7 Å². The highest BCUT2D eigenvalue weighted by Gasteiger charge is 2.23. The molecule has 37 heavy (non-hydrogen) atoms. The summed E-state index contributed by atoms with van der Waals surface area (Å²) < 4.78 is 6.63. The van der Waals surface area contributed by atoms with Crippen molar-refractivity contribution in [1.82, 2.24) is 4.90 Å². The van der Waals surface area contributed by atoms with Crippen LogP contribution in [0.3, 0.4) is 0 Å². The highest BCUT2D eigenvalue weighted by molar-refractivity contribution is 5.61. The minimum atomic E-state index is 0.231. The van der Waals surface area contributed by atoms with Gasteiger partial charge in [0, 0.05) is 35.7 Å². The highest BCUT2D eigenvalue weighted by atomic mass is 16.5. The summed E-state index contributed by atoms with van der Waals surface area (Å²) in [6.07, 6.45) is 8.19. The Bertz CT molecular complexity index is 1050. The number of nitrogens with zero attached hydrogens (tertiary/aromatic N) is 1. The first-order valence-corrected chi connectivity index (χ1v) is 13.9. The lowest BCUT2D eigenvalue weighted by Crippen LogP contribution is -2.38. The van der Waals surface area contributed by atoms with Crippen molar-refractivity contribution in [2.45, 2.75) is 78.0 Å². The largest absolute Gasteiger partial charge is 0.488 e. The van der Waals surface area contributed by atoms with Gasteiger partial charge in [-0.25, -0.2) is 0 Å². The molecule has 0 aliphatic heterocycles. The molecule has 0 unspecified atom stereocenters. The molecule has 3 heteroatoms. The lowest BCUT2D eigenvalue weighted by molar-refractivity contribution is 0.170. The number of aliphatic hydroxyl groups excluding tert-OH is 1. The van der Waals surface area contributed by atoms with Crippen molar-refractivity contribution >= 4 is 6.08 Å². The molecule has 0 radical (unpaired) electrons. The van der Waals surface area contributed by atoms with Gasteiger partial charge < -0.3 is 9.84 Å². The second-order valence-corrected chi connectivity index (χ2v) is 10.3. The molecule has 0 fully saturated rings. The molecule has 0 saturated heterocycles. The second-order valence-electron chi connectivity index (χ2n) is 10.3. The third-order valence-electron chi connectivity index (χ3n) is 6.96. The molecule has 3 nitrogen and oxygen atoms in total. The van der Waals surface area contributed by atoms with E-state index < -0.39 is 0 Å². The van der Waals surface area contributed by atoms with Crippen LogP contribution in [0.15, 0.2) is 84.9 Å². The van der Waals surface area contributed by atoms with E-state index in [9.17, 15) is 0 Å². The van der Waals surface area contributed by atoms with E-state index in [4.69, 9.17) is 9.84 Å². The molecule has 0 amide bonds. The monoisotopic (exact) mass is 499 g/mol. The van der Waals surface area contributed by atoms with Gasteiger partial charge in [0.1, 0.15) is 12.4 Å². The zero-order valence-electron chi connectivity index (χ0n) is 23.1. The molecule has 0 aliphatic rings. The lowest BCUT2D eigenvalue weighted by atomic mass is 9.86. The van der Waals surface area contributed by atoms with Crippen LogP contribution in [0.25, 0.3) is 6.08 Å². The van der Waals surface area contributed by atoms with Crippen LogP contribution >= 0.6 is 0 Å². The number of ether oxygens (including phenoxy) is 1. The first kappa shape index (κ1) is 28.7. The Morgan fingerprint density at radius 2 is 1.49 bits per heavy atom. The fourth-order valence-corrected chi connectivity index (χ4v) is 5.04. The molecule has 198 valence electrons. The van der Waals surface area contributed by atoms with Crippen LogP contribution in [0.4, 0.5) is 0 Å². The van der Waals surface area contributed by atoms with E-state index in [1.54, 1.807) is 0 Å². The van der Waals surface area contributed by atoms with Crippen LogP contribution in [0, 0.1) is 0 Å². The van der Waals surface area contributed by atoms with Gasteiger partial charge in [-0.3, -0.25) is 4.90 Å². The quantitative estimate of drug-likeness (QED) is 0.215. The average Bonchev–Trinajstić information content (AvgIpc) is 2.91. The molecule has 1 atom stereocenters. The summed E-state index contributed by atoms with van der Waals surface area (Å²) in [5, 5.41) is 9.12. The number of unbranched alkanes of at least 4 members (excludes halogenated alkanes) is 2. The van der Waals surface area contributed by atoms with Crippen molar-refractivity contribution in [2.75, 3.05) is 13.2 Å². The van der Waals surface area contributed by atoms with Gasteiger partial charge in [-0.1, -0.05) is 91.0 Å². The van der Waals surface area contributed by atoms with Crippen molar-refractivity contribution < 1.29 is 9.84 Å². The number of rotatable bonds is 15. The van der Waals surface area contributed by atoms with Crippen LogP contribution in [0.1, 0.15) is 81.5 Å². The summed E-state index contributed by atoms with van der Waals surface area (Å²) in [4.78, 5) is 2.57. The first-order valence-electron chi connectivity index (χ1n) is 13.9. The third kappa shape index (κ3) is 8.87. The highest BCUT2D eigenvalue weighted by Crippen LogP contribution is 2.38. The minimum Gasteiger partial charge on any atom is -0.488 e. The van der Waals surface area contributed by atoms with Gasteiger partial charge in [0.15, 0.2) is 0 Å². The van der Waals surface area contributed by atoms with Gasteiger partial charge >= 0.3 is 0 Å². The van der Waals surface area contributed by atoms with Crippen molar-refractivity contribution in [3.05, 3.63) is 107 Å². The minimum absolute atomic E-state index is 0.231. The molecule has 3 aromatic rings. The number of hydrogen-bond donors (Lipinski definition) is 1. The molecule has 1 N–H and O–H groups in total. The van der Waals surface area contributed by atoms with Crippen LogP contribution in [0.2, 0.25) is 0 Å². The molecule has 0 bridgehead atoms. The number of para-hydroxylation sites is 1. The van der Waals surface area contributed by atoms with Gasteiger partial charge in [-0.15, -0.1) is 0 Å². The van der Waals surface area contributed by atoms with E-state index in [1.165, 1.54) is 11.1 Å². The van der Waals surface area contributed by atoms with Crippen molar-refractivity contribution in [1.29, 1.82) is 0 Å². The van der Waals surface area contributed by atoms with Crippen LogP contribution < -0.4 is 4.74 Å². The van der Waals surface area contributed by atoms with Crippen LogP contribution in [-0.4, -0.2) is 35.2 Å². The summed E-state index contributed by atoms with van der Waals surface area (Å²) >= 11 is 0. The van der Waals surface area contributed by atoms with Gasteiger partial charge in [0.05, 0.1) is 0 Å². The Hall–Kier alpha value is -2.88. The van der Waals surface area contributed by atoms with E-state index in [2.05, 4.69) is 118 Å². The molecule has 0 spiro atoms. The van der Waals surface area contributed by atoms with Gasteiger partial charge in [-0.05, 0) is 71.0 Å². The van der Waals surface area contributed by atoms with E-state index in [1.807, 2.05) is 6.07 Å². The summed E-state index contributed by atoms with van der Waals surface area (Å²) in [5.74, 6) is 1.20.